The van der Waals surface area contributed by atoms with Crippen LogP contribution in [0.1, 0.15) is 290 Å². The Morgan fingerprint density at radius 1 is 0.317 bits per heavy atom. The highest BCUT2D eigenvalue weighted by molar-refractivity contribution is 5.71. The summed E-state index contributed by atoms with van der Waals surface area (Å²) >= 11 is 0. The Morgan fingerprint density at radius 3 is 0.937 bits per heavy atom. The van der Waals surface area contributed by atoms with Crippen molar-refractivity contribution in [2.45, 2.75) is 297 Å². The Balaban J connectivity index is 4.18. The molecule has 1 atom stereocenters. The van der Waals surface area contributed by atoms with Gasteiger partial charge in [0.25, 0.3) is 0 Å². The molecule has 368 valence electrons. The molecule has 0 rings (SSSR count). The summed E-state index contributed by atoms with van der Waals surface area (Å²) in [5.41, 5.74) is 0. The van der Waals surface area contributed by atoms with E-state index >= 15 is 0 Å². The molecule has 6 heteroatoms. The Labute approximate surface area is 391 Å². The van der Waals surface area contributed by atoms with Crippen LogP contribution in [0.3, 0.4) is 0 Å². The first kappa shape index (κ1) is 60.6. The lowest BCUT2D eigenvalue weighted by molar-refractivity contribution is -0.167. The van der Waals surface area contributed by atoms with Crippen molar-refractivity contribution in [1.82, 2.24) is 0 Å². The normalized spacial score (nSPS) is 12.2. The van der Waals surface area contributed by atoms with Gasteiger partial charge < -0.3 is 14.2 Å². The summed E-state index contributed by atoms with van der Waals surface area (Å²) in [4.78, 5) is 37.9. The molecule has 1 unspecified atom stereocenters. The van der Waals surface area contributed by atoms with Gasteiger partial charge in [0.2, 0.25) is 0 Å². The second-order valence-electron chi connectivity index (χ2n) is 18.5. The van der Waals surface area contributed by atoms with Crippen LogP contribution in [0.2, 0.25) is 0 Å². The number of allylic oxidation sites excluding steroid dienone is 6. The zero-order valence-corrected chi connectivity index (χ0v) is 42.1. The lowest BCUT2D eigenvalue weighted by Gasteiger charge is -2.18. The Morgan fingerprint density at radius 2 is 0.587 bits per heavy atom. The van der Waals surface area contributed by atoms with Crippen LogP contribution in [0.5, 0.6) is 0 Å². The van der Waals surface area contributed by atoms with Crippen molar-refractivity contribution in [3.05, 3.63) is 36.5 Å². The number of esters is 3. The third-order valence-corrected chi connectivity index (χ3v) is 12.1. The van der Waals surface area contributed by atoms with Crippen LogP contribution in [0.15, 0.2) is 36.5 Å². The number of rotatable bonds is 50. The van der Waals surface area contributed by atoms with Gasteiger partial charge in [-0.2, -0.15) is 0 Å². The molecule has 0 amide bonds. The first-order valence-corrected chi connectivity index (χ1v) is 27.5. The quantitative estimate of drug-likeness (QED) is 0.0262. The molecule has 0 fully saturated rings. The molecular weight excluding hydrogens is 781 g/mol. The van der Waals surface area contributed by atoms with E-state index in [0.29, 0.717) is 19.3 Å². The van der Waals surface area contributed by atoms with Crippen LogP contribution in [0.25, 0.3) is 0 Å². The maximum absolute atomic E-state index is 12.8. The fourth-order valence-corrected chi connectivity index (χ4v) is 7.93. The average Bonchev–Trinajstić information content (AvgIpc) is 3.28. The van der Waals surface area contributed by atoms with Crippen molar-refractivity contribution in [3.8, 4) is 0 Å². The maximum atomic E-state index is 12.8. The minimum atomic E-state index is -0.775. The molecule has 0 saturated carbocycles. The van der Waals surface area contributed by atoms with Gasteiger partial charge in [0, 0.05) is 19.3 Å². The first-order chi connectivity index (χ1) is 31.0. The molecule has 0 N–H and O–H groups in total. The number of hydrogen-bond donors (Lipinski definition) is 0. The first-order valence-electron chi connectivity index (χ1n) is 27.5. The summed E-state index contributed by atoms with van der Waals surface area (Å²) in [6, 6.07) is 0. The second-order valence-corrected chi connectivity index (χ2v) is 18.5. The molecule has 0 aliphatic carbocycles. The van der Waals surface area contributed by atoms with Crippen molar-refractivity contribution in [2.24, 2.45) is 0 Å². The van der Waals surface area contributed by atoms with Crippen LogP contribution < -0.4 is 0 Å². The lowest BCUT2D eigenvalue weighted by atomic mass is 10.0. The summed E-state index contributed by atoms with van der Waals surface area (Å²) in [6.45, 7) is 6.58. The smallest absolute Gasteiger partial charge is 0.306 e. The fourth-order valence-electron chi connectivity index (χ4n) is 7.93. The van der Waals surface area contributed by atoms with Crippen LogP contribution >= 0.6 is 0 Å². The van der Waals surface area contributed by atoms with E-state index < -0.39 is 6.10 Å². The summed E-state index contributed by atoms with van der Waals surface area (Å²) in [7, 11) is 0. The van der Waals surface area contributed by atoms with Crippen molar-refractivity contribution in [3.63, 3.8) is 0 Å². The zero-order valence-electron chi connectivity index (χ0n) is 42.1. The molecule has 63 heavy (non-hydrogen) atoms. The average molecular weight is 885 g/mol. The van der Waals surface area contributed by atoms with Crippen LogP contribution in [0, 0.1) is 0 Å². The van der Waals surface area contributed by atoms with Gasteiger partial charge in [-0.05, 0) is 70.6 Å². The molecule has 0 aliphatic rings. The second kappa shape index (κ2) is 52.3. The summed E-state index contributed by atoms with van der Waals surface area (Å²) < 4.78 is 16.8. The van der Waals surface area contributed by atoms with E-state index in [0.717, 1.165) is 83.5 Å². The van der Waals surface area contributed by atoms with Gasteiger partial charge in [-0.1, -0.05) is 237 Å². The number of carbonyl (C=O) groups excluding carboxylic acids is 3. The number of carbonyl (C=O) groups is 3. The summed E-state index contributed by atoms with van der Waals surface area (Å²) in [6.07, 6.45) is 61.5. The van der Waals surface area contributed by atoms with E-state index in [1.54, 1.807) is 0 Å². The molecule has 0 aliphatic heterocycles. The molecular formula is C57H104O6. The number of unbranched alkanes of at least 4 members (excludes halogenated alkanes) is 33. The summed E-state index contributed by atoms with van der Waals surface area (Å²) in [5, 5.41) is 0. The Bertz CT molecular complexity index is 1060. The van der Waals surface area contributed by atoms with Crippen molar-refractivity contribution >= 4 is 17.9 Å². The summed E-state index contributed by atoms with van der Waals surface area (Å²) in [5.74, 6) is -0.884. The molecule has 0 heterocycles. The van der Waals surface area contributed by atoms with Crippen LogP contribution in [0.4, 0.5) is 0 Å². The largest absolute Gasteiger partial charge is 0.462 e. The molecule has 0 aromatic heterocycles. The van der Waals surface area contributed by atoms with Crippen LogP contribution in [-0.4, -0.2) is 37.2 Å². The van der Waals surface area contributed by atoms with Crippen molar-refractivity contribution < 1.29 is 28.6 Å². The SMILES string of the molecule is CCCC/C=C\C/C=C\CCCCCCCC(=O)OC(COC(=O)CCCCCCCCCC)COC(=O)CCCCCCCCCCCCC/C=C\CCCCCCCCCC. The van der Waals surface area contributed by atoms with Gasteiger partial charge in [-0.3, -0.25) is 14.4 Å². The third kappa shape index (κ3) is 50.5. The minimum absolute atomic E-state index is 0.0757. The fraction of sp³-hybridized carbons (Fsp3) is 0.842. The van der Waals surface area contributed by atoms with E-state index in [4.69, 9.17) is 14.2 Å². The highest BCUT2D eigenvalue weighted by Gasteiger charge is 2.19. The highest BCUT2D eigenvalue weighted by atomic mass is 16.6. The topological polar surface area (TPSA) is 78.9 Å². The van der Waals surface area contributed by atoms with Crippen molar-refractivity contribution in [2.75, 3.05) is 13.2 Å². The monoisotopic (exact) mass is 885 g/mol. The zero-order chi connectivity index (χ0) is 45.8. The number of ether oxygens (including phenoxy) is 3. The van der Waals surface area contributed by atoms with Gasteiger partial charge in [0.1, 0.15) is 13.2 Å². The predicted molar refractivity (Wildman–Crippen MR) is 270 cm³/mol. The van der Waals surface area contributed by atoms with Gasteiger partial charge in [-0.25, -0.2) is 0 Å². The standard InChI is InChI=1S/C57H104O6/c1-4-7-10-13-16-19-21-23-25-26-27-28-29-30-31-32-33-35-36-38-41-44-47-50-56(59)62-53-54(52-61-55(58)49-46-43-40-18-15-12-9-6-3)63-57(60)51-48-45-42-39-37-34-24-22-20-17-14-11-8-5-2/h14,17,22,24,26-27,54H,4-13,15-16,18-21,23,25,28-53H2,1-3H3/b17-14-,24-22-,27-26-. The molecule has 0 radical (unpaired) electrons. The molecule has 0 aromatic rings. The Kier molecular flexibility index (Phi) is 50.3. The van der Waals surface area contributed by atoms with Crippen LogP contribution in [-0.2, 0) is 28.6 Å². The van der Waals surface area contributed by atoms with Gasteiger partial charge >= 0.3 is 17.9 Å². The van der Waals surface area contributed by atoms with E-state index in [-0.39, 0.29) is 31.1 Å². The lowest BCUT2D eigenvalue weighted by Crippen LogP contribution is -2.30. The molecule has 6 nitrogen and oxygen atoms in total. The van der Waals surface area contributed by atoms with Crippen molar-refractivity contribution in [1.29, 1.82) is 0 Å². The van der Waals surface area contributed by atoms with Gasteiger partial charge in [-0.15, -0.1) is 0 Å². The van der Waals surface area contributed by atoms with Gasteiger partial charge in [0.15, 0.2) is 6.10 Å². The van der Waals surface area contributed by atoms with E-state index in [1.807, 2.05) is 0 Å². The molecule has 0 saturated heterocycles. The molecule has 0 aromatic carbocycles. The third-order valence-electron chi connectivity index (χ3n) is 12.1. The van der Waals surface area contributed by atoms with E-state index in [1.165, 1.54) is 167 Å². The maximum Gasteiger partial charge on any atom is 0.306 e. The van der Waals surface area contributed by atoms with E-state index in [2.05, 4.69) is 57.2 Å². The highest BCUT2D eigenvalue weighted by Crippen LogP contribution is 2.16. The number of hydrogen-bond acceptors (Lipinski definition) is 6. The predicted octanol–water partition coefficient (Wildman–Crippen LogP) is 18.1. The van der Waals surface area contributed by atoms with Gasteiger partial charge in [0.05, 0.1) is 0 Å². The Hall–Kier alpha value is -2.37. The van der Waals surface area contributed by atoms with E-state index in [9.17, 15) is 14.4 Å². The molecule has 0 spiro atoms. The minimum Gasteiger partial charge on any atom is -0.462 e. The molecule has 0 bridgehead atoms.